The third-order valence-electron chi connectivity index (χ3n) is 3.33. The Kier molecular flexibility index (Phi) is 4.03. The van der Waals surface area contributed by atoms with Crippen LogP contribution in [0.1, 0.15) is 54.4 Å². The van der Waals surface area contributed by atoms with Crippen molar-refractivity contribution in [2.75, 3.05) is 0 Å². The molecule has 0 amide bonds. The van der Waals surface area contributed by atoms with Crippen molar-refractivity contribution in [1.82, 2.24) is 0 Å². The Balaban J connectivity index is 2.60. The van der Waals surface area contributed by atoms with Gasteiger partial charge in [0.15, 0.2) is 0 Å². The van der Waals surface area contributed by atoms with Crippen LogP contribution in [0, 0.1) is 29.6 Å². The molecule has 0 aromatic rings. The lowest BCUT2D eigenvalue weighted by molar-refractivity contribution is 0.243. The monoisotopic (exact) mass is 207 g/mol. The van der Waals surface area contributed by atoms with E-state index in [4.69, 9.17) is 0 Å². The van der Waals surface area contributed by atoms with Gasteiger partial charge in [0.1, 0.15) is 0 Å². The van der Waals surface area contributed by atoms with E-state index >= 15 is 0 Å². The van der Waals surface area contributed by atoms with Gasteiger partial charge in [-0.3, -0.25) is 0 Å². The molecule has 87 valence electrons. The predicted octanol–water partition coefficient (Wildman–Crippen LogP) is 4.87. The largest absolute Gasteiger partial charge is 0.0819 e. The molecule has 15 heavy (non-hydrogen) atoms. The zero-order valence-electron chi connectivity index (χ0n) is 11.3. The average molecular weight is 207 g/mol. The number of allylic oxidation sites excluding steroid dienone is 2. The molecule has 0 N–H and O–H groups in total. The van der Waals surface area contributed by atoms with Crippen LogP contribution in [0.3, 0.4) is 0 Å². The first kappa shape index (κ1) is 12.8. The Morgan fingerprint density at radius 1 is 1.40 bits per heavy atom. The third kappa shape index (κ3) is 4.40. The Labute approximate surface area is 96.2 Å². The van der Waals surface area contributed by atoms with Gasteiger partial charge in [-0.05, 0) is 49.4 Å². The van der Waals surface area contributed by atoms with Crippen molar-refractivity contribution in [2.24, 2.45) is 23.2 Å². The minimum Gasteiger partial charge on any atom is -0.0819 e. The molecule has 0 heteroatoms. The molecule has 0 fully saturated rings. The Morgan fingerprint density at radius 2 is 2.00 bits per heavy atom. The lowest BCUT2D eigenvalue weighted by Gasteiger charge is -2.32. The zero-order valence-corrected chi connectivity index (χ0v) is 11.3. The third-order valence-corrected chi connectivity index (χ3v) is 3.33. The SMILES string of the molecule is CC1=CC(C(C)CC(C)(C)C)CC(C)[CH]1. The van der Waals surface area contributed by atoms with Gasteiger partial charge in [-0.1, -0.05) is 46.3 Å². The Hall–Kier alpha value is -0.260. The van der Waals surface area contributed by atoms with E-state index in [0.717, 1.165) is 17.8 Å². The molecule has 1 aliphatic rings. The van der Waals surface area contributed by atoms with Crippen LogP contribution < -0.4 is 0 Å². The van der Waals surface area contributed by atoms with E-state index < -0.39 is 0 Å². The summed E-state index contributed by atoms with van der Waals surface area (Å²) in [6.07, 6.45) is 7.56. The molecule has 1 rings (SSSR count). The van der Waals surface area contributed by atoms with Crippen molar-refractivity contribution < 1.29 is 0 Å². The quantitative estimate of drug-likeness (QED) is 0.606. The molecule has 0 aliphatic heterocycles. The first-order valence-electron chi connectivity index (χ1n) is 6.31. The number of hydrogen-bond donors (Lipinski definition) is 0. The first-order valence-corrected chi connectivity index (χ1v) is 6.31. The van der Waals surface area contributed by atoms with Gasteiger partial charge in [0.05, 0.1) is 0 Å². The second-order valence-corrected chi connectivity index (χ2v) is 6.70. The Morgan fingerprint density at radius 3 is 2.47 bits per heavy atom. The summed E-state index contributed by atoms with van der Waals surface area (Å²) in [5.74, 6) is 2.38. The van der Waals surface area contributed by atoms with Crippen molar-refractivity contribution in [3.63, 3.8) is 0 Å². The normalized spacial score (nSPS) is 29.9. The lowest BCUT2D eigenvalue weighted by atomic mass is 9.73. The van der Waals surface area contributed by atoms with Crippen LogP contribution in [0.15, 0.2) is 11.6 Å². The molecular formula is C15H27. The molecule has 0 bridgehead atoms. The molecule has 3 unspecified atom stereocenters. The van der Waals surface area contributed by atoms with E-state index in [9.17, 15) is 0 Å². The minimum atomic E-state index is 0.464. The second kappa shape index (κ2) is 4.72. The second-order valence-electron chi connectivity index (χ2n) is 6.70. The highest BCUT2D eigenvalue weighted by atomic mass is 14.3. The summed E-state index contributed by atoms with van der Waals surface area (Å²) in [5, 5.41) is 0. The number of hydrogen-bond acceptors (Lipinski definition) is 0. The molecule has 0 nitrogen and oxygen atoms in total. The van der Waals surface area contributed by atoms with Crippen molar-refractivity contribution in [2.45, 2.75) is 54.4 Å². The summed E-state index contributed by atoms with van der Waals surface area (Å²) in [4.78, 5) is 0. The van der Waals surface area contributed by atoms with Crippen LogP contribution in [-0.4, -0.2) is 0 Å². The van der Waals surface area contributed by atoms with Crippen molar-refractivity contribution in [1.29, 1.82) is 0 Å². The average Bonchev–Trinajstić information content (AvgIpc) is 1.98. The van der Waals surface area contributed by atoms with Gasteiger partial charge in [0.2, 0.25) is 0 Å². The van der Waals surface area contributed by atoms with Crippen molar-refractivity contribution >= 4 is 0 Å². The maximum atomic E-state index is 2.48. The molecule has 0 heterocycles. The van der Waals surface area contributed by atoms with Gasteiger partial charge < -0.3 is 0 Å². The fraction of sp³-hybridized carbons (Fsp3) is 0.800. The molecule has 0 aromatic carbocycles. The molecule has 0 aromatic heterocycles. The van der Waals surface area contributed by atoms with Gasteiger partial charge in [-0.25, -0.2) is 0 Å². The summed E-state index contributed by atoms with van der Waals surface area (Å²) in [6.45, 7) is 14.0. The highest BCUT2D eigenvalue weighted by Crippen LogP contribution is 2.36. The van der Waals surface area contributed by atoms with E-state index in [1.807, 2.05) is 0 Å². The van der Waals surface area contributed by atoms with E-state index in [-0.39, 0.29) is 0 Å². The summed E-state index contributed by atoms with van der Waals surface area (Å²) >= 11 is 0. The van der Waals surface area contributed by atoms with Gasteiger partial charge in [0.25, 0.3) is 0 Å². The summed E-state index contributed by atoms with van der Waals surface area (Å²) in [6, 6.07) is 0. The predicted molar refractivity (Wildman–Crippen MR) is 68.6 cm³/mol. The van der Waals surface area contributed by atoms with Crippen LogP contribution in [0.2, 0.25) is 0 Å². The van der Waals surface area contributed by atoms with E-state index in [0.29, 0.717) is 5.41 Å². The molecule has 0 saturated carbocycles. The van der Waals surface area contributed by atoms with Crippen LogP contribution in [0.4, 0.5) is 0 Å². The van der Waals surface area contributed by atoms with Crippen molar-refractivity contribution in [3.8, 4) is 0 Å². The summed E-state index contributed by atoms with van der Waals surface area (Å²) in [7, 11) is 0. The van der Waals surface area contributed by atoms with Crippen molar-refractivity contribution in [3.05, 3.63) is 18.1 Å². The molecule has 1 radical (unpaired) electrons. The fourth-order valence-electron chi connectivity index (χ4n) is 2.92. The van der Waals surface area contributed by atoms with Crippen LogP contribution >= 0.6 is 0 Å². The van der Waals surface area contributed by atoms with E-state index in [1.165, 1.54) is 18.4 Å². The first-order chi connectivity index (χ1) is 6.78. The maximum absolute atomic E-state index is 2.48. The highest BCUT2D eigenvalue weighted by molar-refractivity contribution is 5.18. The smallest absolute Gasteiger partial charge is 0.0112 e. The van der Waals surface area contributed by atoms with Gasteiger partial charge >= 0.3 is 0 Å². The van der Waals surface area contributed by atoms with Gasteiger partial charge in [0, 0.05) is 0 Å². The summed E-state index contributed by atoms with van der Waals surface area (Å²) < 4.78 is 0. The molecular weight excluding hydrogens is 180 g/mol. The van der Waals surface area contributed by atoms with Gasteiger partial charge in [-0.2, -0.15) is 0 Å². The topological polar surface area (TPSA) is 0 Å². The maximum Gasteiger partial charge on any atom is -0.0112 e. The van der Waals surface area contributed by atoms with Gasteiger partial charge in [-0.15, -0.1) is 0 Å². The van der Waals surface area contributed by atoms with Crippen LogP contribution in [0.25, 0.3) is 0 Å². The number of rotatable bonds is 2. The van der Waals surface area contributed by atoms with Crippen LogP contribution in [-0.2, 0) is 0 Å². The van der Waals surface area contributed by atoms with E-state index in [2.05, 4.69) is 54.0 Å². The fourth-order valence-corrected chi connectivity index (χ4v) is 2.92. The minimum absolute atomic E-state index is 0.464. The van der Waals surface area contributed by atoms with Crippen LogP contribution in [0.5, 0.6) is 0 Å². The lowest BCUT2D eigenvalue weighted by Crippen LogP contribution is -2.22. The highest BCUT2D eigenvalue weighted by Gasteiger charge is 2.25. The zero-order chi connectivity index (χ0) is 11.6. The molecule has 3 atom stereocenters. The molecule has 0 saturated heterocycles. The standard InChI is InChI=1S/C15H27/c1-11-7-12(2)9-14(8-11)13(3)10-15(4,5)6/h7-8,12-14H,9-10H2,1-6H3. The molecule has 1 aliphatic carbocycles. The Bertz CT molecular complexity index is 229. The summed E-state index contributed by atoms with van der Waals surface area (Å²) in [5.41, 5.74) is 1.95. The molecule has 0 spiro atoms. The van der Waals surface area contributed by atoms with E-state index in [1.54, 1.807) is 0 Å².